The summed E-state index contributed by atoms with van der Waals surface area (Å²) in [6.45, 7) is 5.52. The smallest absolute Gasteiger partial charge is 0.306 e. The minimum absolute atomic E-state index is 0.0802. The van der Waals surface area contributed by atoms with E-state index in [4.69, 9.17) is 33.7 Å². The Morgan fingerprint density at radius 1 is 1.35 bits per heavy atom. The Hall–Kier alpha value is -1.37. The lowest BCUT2D eigenvalue weighted by Crippen LogP contribution is -2.40. The summed E-state index contributed by atoms with van der Waals surface area (Å²) in [6, 6.07) is 0.765. The fourth-order valence-corrected chi connectivity index (χ4v) is 1.93. The molecule has 0 saturated carbocycles. The van der Waals surface area contributed by atoms with Gasteiger partial charge in [0.1, 0.15) is 5.60 Å². The summed E-state index contributed by atoms with van der Waals surface area (Å²) < 4.78 is 5.16. The van der Waals surface area contributed by atoms with Crippen LogP contribution in [-0.4, -0.2) is 28.5 Å². The molecule has 1 aromatic heterocycles. The predicted molar refractivity (Wildman–Crippen MR) is 89.2 cm³/mol. The van der Waals surface area contributed by atoms with Crippen LogP contribution in [0.25, 0.3) is 0 Å². The SMILES string of the molecule is CC(C)(C)OC(=O)CC[C@@H](N)C(=O)NCc1cc(Cl)c(Cl)cn1. The zero-order valence-electron chi connectivity index (χ0n) is 13.4. The molecule has 0 bridgehead atoms. The fraction of sp³-hybridized carbons (Fsp3) is 0.533. The number of rotatable bonds is 6. The second-order valence-corrected chi connectivity index (χ2v) is 6.85. The van der Waals surface area contributed by atoms with Gasteiger partial charge in [-0.2, -0.15) is 0 Å². The van der Waals surface area contributed by atoms with Crippen molar-refractivity contribution in [2.75, 3.05) is 0 Å². The summed E-state index contributed by atoms with van der Waals surface area (Å²) in [5, 5.41) is 3.34. The Balaban J connectivity index is 2.39. The second kappa shape index (κ2) is 8.47. The van der Waals surface area contributed by atoms with E-state index < -0.39 is 11.6 Å². The number of carbonyl (C=O) groups is 2. The first-order chi connectivity index (χ1) is 10.6. The standard InChI is InChI=1S/C15H21Cl2N3O3/c1-15(2,3)23-13(21)5-4-12(18)14(22)20-7-9-6-10(16)11(17)8-19-9/h6,8,12H,4-5,7,18H2,1-3H3,(H,20,22)/t12-/m1/s1. The zero-order chi connectivity index (χ0) is 17.6. The Kier molecular flexibility index (Phi) is 7.25. The molecule has 1 heterocycles. The maximum absolute atomic E-state index is 11.9. The van der Waals surface area contributed by atoms with Gasteiger partial charge in [-0.25, -0.2) is 0 Å². The van der Waals surface area contributed by atoms with Gasteiger partial charge < -0.3 is 15.8 Å². The molecule has 0 radical (unpaired) electrons. The molecular weight excluding hydrogens is 341 g/mol. The largest absolute Gasteiger partial charge is 0.460 e. The topological polar surface area (TPSA) is 94.3 Å². The molecule has 0 aliphatic carbocycles. The van der Waals surface area contributed by atoms with Crippen molar-refractivity contribution in [2.45, 2.75) is 51.8 Å². The first-order valence-corrected chi connectivity index (χ1v) is 7.89. The summed E-state index contributed by atoms with van der Waals surface area (Å²) in [7, 11) is 0. The van der Waals surface area contributed by atoms with Crippen LogP contribution in [0, 0.1) is 0 Å². The Labute approximate surface area is 145 Å². The van der Waals surface area contributed by atoms with Crippen LogP contribution in [0.15, 0.2) is 12.3 Å². The van der Waals surface area contributed by atoms with Gasteiger partial charge in [-0.05, 0) is 33.3 Å². The molecule has 0 aliphatic rings. The van der Waals surface area contributed by atoms with Gasteiger partial charge in [0.05, 0.1) is 28.3 Å². The number of hydrogen-bond donors (Lipinski definition) is 2. The lowest BCUT2D eigenvalue weighted by Gasteiger charge is -2.20. The van der Waals surface area contributed by atoms with Crippen LogP contribution >= 0.6 is 23.2 Å². The van der Waals surface area contributed by atoms with E-state index in [1.165, 1.54) is 6.20 Å². The summed E-state index contributed by atoms with van der Waals surface area (Å²) in [4.78, 5) is 27.5. The quantitative estimate of drug-likeness (QED) is 0.758. The monoisotopic (exact) mass is 361 g/mol. The third-order valence-electron chi connectivity index (χ3n) is 2.73. The molecule has 8 heteroatoms. The van der Waals surface area contributed by atoms with E-state index in [2.05, 4.69) is 10.3 Å². The number of nitrogens with zero attached hydrogens (tertiary/aromatic N) is 1. The van der Waals surface area contributed by atoms with Crippen LogP contribution in [0.3, 0.4) is 0 Å². The molecule has 1 rings (SSSR count). The van der Waals surface area contributed by atoms with Crippen LogP contribution in [0.1, 0.15) is 39.3 Å². The van der Waals surface area contributed by atoms with Gasteiger partial charge >= 0.3 is 5.97 Å². The van der Waals surface area contributed by atoms with Crippen molar-refractivity contribution in [3.05, 3.63) is 28.0 Å². The van der Waals surface area contributed by atoms with E-state index in [0.717, 1.165) is 0 Å². The Bertz CT molecular complexity index is 574. The van der Waals surface area contributed by atoms with Crippen molar-refractivity contribution < 1.29 is 14.3 Å². The molecular formula is C15H21Cl2N3O3. The molecule has 1 amide bonds. The van der Waals surface area contributed by atoms with Gasteiger partial charge in [-0.3, -0.25) is 14.6 Å². The third kappa shape index (κ3) is 7.63. The summed E-state index contributed by atoms with van der Waals surface area (Å²) in [5.74, 6) is -0.756. The van der Waals surface area contributed by atoms with Crippen LogP contribution in [-0.2, 0) is 20.9 Å². The van der Waals surface area contributed by atoms with Gasteiger partial charge in [0.15, 0.2) is 0 Å². The molecule has 0 fully saturated rings. The molecule has 0 aromatic carbocycles. The highest BCUT2D eigenvalue weighted by Gasteiger charge is 2.19. The first kappa shape index (κ1) is 19.7. The fourth-order valence-electron chi connectivity index (χ4n) is 1.66. The van der Waals surface area contributed by atoms with E-state index in [0.29, 0.717) is 15.7 Å². The molecule has 0 aliphatic heterocycles. The average Bonchev–Trinajstić information content (AvgIpc) is 2.43. The number of halogens is 2. The van der Waals surface area contributed by atoms with Crippen molar-refractivity contribution in [3.63, 3.8) is 0 Å². The summed E-state index contributed by atoms with van der Waals surface area (Å²) in [6.07, 6.45) is 1.69. The highest BCUT2D eigenvalue weighted by Crippen LogP contribution is 2.20. The van der Waals surface area contributed by atoms with Crippen molar-refractivity contribution in [3.8, 4) is 0 Å². The number of ether oxygens (including phenoxy) is 1. The van der Waals surface area contributed by atoms with Crippen LogP contribution in [0.2, 0.25) is 10.0 Å². The summed E-state index contributed by atoms with van der Waals surface area (Å²) >= 11 is 11.6. The molecule has 3 N–H and O–H groups in total. The molecule has 0 saturated heterocycles. The van der Waals surface area contributed by atoms with Gasteiger partial charge in [0.25, 0.3) is 0 Å². The Morgan fingerprint density at radius 2 is 2.00 bits per heavy atom. The predicted octanol–water partition coefficient (Wildman–Crippen LogP) is 2.45. The lowest BCUT2D eigenvalue weighted by molar-refractivity contribution is -0.155. The van der Waals surface area contributed by atoms with Gasteiger partial charge in [-0.15, -0.1) is 0 Å². The molecule has 0 spiro atoms. The average molecular weight is 362 g/mol. The van der Waals surface area contributed by atoms with E-state index in [-0.39, 0.29) is 31.3 Å². The molecule has 0 unspecified atom stereocenters. The highest BCUT2D eigenvalue weighted by atomic mass is 35.5. The lowest BCUT2D eigenvalue weighted by atomic mass is 10.1. The van der Waals surface area contributed by atoms with Crippen molar-refractivity contribution in [1.82, 2.24) is 10.3 Å². The van der Waals surface area contributed by atoms with E-state index in [9.17, 15) is 9.59 Å². The van der Waals surface area contributed by atoms with Crippen molar-refractivity contribution in [2.24, 2.45) is 5.73 Å². The highest BCUT2D eigenvalue weighted by molar-refractivity contribution is 6.41. The number of esters is 1. The first-order valence-electron chi connectivity index (χ1n) is 7.13. The van der Waals surface area contributed by atoms with Crippen LogP contribution in [0.5, 0.6) is 0 Å². The third-order valence-corrected chi connectivity index (χ3v) is 3.44. The zero-order valence-corrected chi connectivity index (χ0v) is 14.9. The summed E-state index contributed by atoms with van der Waals surface area (Å²) in [5.41, 5.74) is 5.77. The van der Waals surface area contributed by atoms with E-state index in [1.54, 1.807) is 26.8 Å². The molecule has 6 nitrogen and oxygen atoms in total. The molecule has 128 valence electrons. The normalized spacial score (nSPS) is 12.6. The minimum Gasteiger partial charge on any atom is -0.460 e. The Morgan fingerprint density at radius 3 is 2.57 bits per heavy atom. The maximum Gasteiger partial charge on any atom is 0.306 e. The van der Waals surface area contributed by atoms with E-state index >= 15 is 0 Å². The molecule has 23 heavy (non-hydrogen) atoms. The maximum atomic E-state index is 11.9. The number of aromatic nitrogens is 1. The molecule has 1 aromatic rings. The number of nitrogens with one attached hydrogen (secondary N) is 1. The number of amides is 1. The number of pyridine rings is 1. The molecule has 1 atom stereocenters. The number of nitrogens with two attached hydrogens (primary N) is 1. The van der Waals surface area contributed by atoms with Crippen molar-refractivity contribution in [1.29, 1.82) is 0 Å². The van der Waals surface area contributed by atoms with E-state index in [1.807, 2.05) is 0 Å². The van der Waals surface area contributed by atoms with Gasteiger partial charge in [-0.1, -0.05) is 23.2 Å². The second-order valence-electron chi connectivity index (χ2n) is 6.04. The minimum atomic E-state index is -0.801. The number of hydrogen-bond acceptors (Lipinski definition) is 5. The van der Waals surface area contributed by atoms with Gasteiger partial charge in [0.2, 0.25) is 5.91 Å². The van der Waals surface area contributed by atoms with Crippen LogP contribution in [0.4, 0.5) is 0 Å². The number of carbonyl (C=O) groups excluding carboxylic acids is 2. The van der Waals surface area contributed by atoms with Gasteiger partial charge in [0, 0.05) is 12.6 Å². The van der Waals surface area contributed by atoms with Crippen LogP contribution < -0.4 is 11.1 Å². The van der Waals surface area contributed by atoms with Crippen molar-refractivity contribution >= 4 is 35.1 Å².